The number of nitrogens with zero attached hydrogens (tertiary/aromatic N) is 1. The van der Waals surface area contributed by atoms with E-state index in [1.54, 1.807) is 0 Å². The van der Waals surface area contributed by atoms with Crippen molar-refractivity contribution in [3.05, 3.63) is 251 Å². The topological polar surface area (TPSA) is 18.1 Å². The lowest BCUT2D eigenvalue weighted by Crippen LogP contribution is -2.05. The second kappa shape index (κ2) is 17.3. The van der Waals surface area contributed by atoms with Crippen LogP contribution in [-0.2, 0) is 25.7 Å². The van der Waals surface area contributed by atoms with Crippen molar-refractivity contribution in [3.63, 3.8) is 0 Å². The molecule has 10 aromatic rings. The molecule has 0 radical (unpaired) electrons. The van der Waals surface area contributed by atoms with Gasteiger partial charge in [-0.3, -0.25) is 0 Å². The van der Waals surface area contributed by atoms with Crippen LogP contribution in [0.3, 0.4) is 0 Å². The van der Waals surface area contributed by atoms with Gasteiger partial charge in [-0.2, -0.15) is 0 Å². The van der Waals surface area contributed by atoms with Gasteiger partial charge < -0.3 is 8.98 Å². The van der Waals surface area contributed by atoms with E-state index in [1.807, 2.05) is 12.1 Å². The Kier molecular flexibility index (Phi) is 10.4. The fourth-order valence-corrected chi connectivity index (χ4v) is 10.5. The molecule has 2 nitrogen and oxygen atoms in total. The van der Waals surface area contributed by atoms with Crippen LogP contribution in [0.5, 0.6) is 0 Å². The minimum atomic E-state index is 0.341. The zero-order valence-corrected chi connectivity index (χ0v) is 37.0. The number of para-hydroxylation sites is 1. The van der Waals surface area contributed by atoms with E-state index in [4.69, 9.17) is 4.42 Å². The first-order valence-corrected chi connectivity index (χ1v) is 23.6. The number of hydrogen-bond donors (Lipinski definition) is 0. The van der Waals surface area contributed by atoms with Gasteiger partial charge in [-0.05, 0) is 166 Å². The molecule has 66 heavy (non-hydrogen) atoms. The lowest BCUT2D eigenvalue weighted by molar-refractivity contribution is 0.548. The summed E-state index contributed by atoms with van der Waals surface area (Å²) in [6, 6.07) is 75.3. The summed E-state index contributed by atoms with van der Waals surface area (Å²) in [6.45, 7) is 0. The van der Waals surface area contributed by atoms with Gasteiger partial charge in [0.15, 0.2) is 0 Å². The maximum Gasteiger partial charge on any atom is 0.134 e. The van der Waals surface area contributed by atoms with Crippen LogP contribution in [0.2, 0.25) is 0 Å². The molecule has 8 aromatic carbocycles. The molecule has 12 rings (SSSR count). The highest BCUT2D eigenvalue weighted by Gasteiger charge is 2.22. The van der Waals surface area contributed by atoms with Crippen molar-refractivity contribution in [2.75, 3.05) is 0 Å². The average Bonchev–Trinajstić information content (AvgIpc) is 3.93. The van der Waals surface area contributed by atoms with Crippen molar-refractivity contribution in [1.82, 2.24) is 4.57 Å². The third kappa shape index (κ3) is 7.67. The standard InChI is InChI=1S/C64H49NO/c1-4-12-46(13-5-1)49-27-29-50(30-28-49)48-24-20-44(21-25-48)40-53(26-22-45-23-37-62-58(41-45)57-18-10-11-19-61(57)65(62)56-16-8-3-9-17-56)51-31-33-52(34-32-51)55-36-39-64-60(43-55)59-42-54(35-38-63(59)66-64)47-14-6-2-7-15-47/h1,3-6,8-10,12-18,20-21,23-25,27-34,36-37,39,41-43,53H,11,19,22,26,35,38,40H2. The van der Waals surface area contributed by atoms with E-state index in [0.717, 1.165) is 56.3 Å². The van der Waals surface area contributed by atoms with Gasteiger partial charge >= 0.3 is 0 Å². The Bertz CT molecular complexity index is 3390. The summed E-state index contributed by atoms with van der Waals surface area (Å²) in [5.74, 6) is 1.42. The largest absolute Gasteiger partial charge is 0.460 e. The molecule has 0 saturated carbocycles. The van der Waals surface area contributed by atoms with Crippen molar-refractivity contribution in [2.45, 2.75) is 50.9 Å². The molecule has 0 spiro atoms. The van der Waals surface area contributed by atoms with E-state index in [-0.39, 0.29) is 0 Å². The maximum absolute atomic E-state index is 6.40. The van der Waals surface area contributed by atoms with E-state index in [9.17, 15) is 0 Å². The van der Waals surface area contributed by atoms with Gasteiger partial charge in [0.2, 0.25) is 0 Å². The molecule has 0 amide bonds. The van der Waals surface area contributed by atoms with Crippen LogP contribution in [0, 0.1) is 12.1 Å². The summed E-state index contributed by atoms with van der Waals surface area (Å²) >= 11 is 0. The predicted molar refractivity (Wildman–Crippen MR) is 275 cm³/mol. The van der Waals surface area contributed by atoms with Crippen molar-refractivity contribution in [1.29, 1.82) is 0 Å². The lowest BCUT2D eigenvalue weighted by Gasteiger charge is -2.19. The first kappa shape index (κ1) is 39.7. The van der Waals surface area contributed by atoms with Gasteiger partial charge in [-0.25, -0.2) is 0 Å². The molecule has 0 aliphatic heterocycles. The van der Waals surface area contributed by atoms with Gasteiger partial charge in [0.05, 0.1) is 5.52 Å². The number of aromatic nitrogens is 1. The van der Waals surface area contributed by atoms with E-state index in [0.29, 0.717) is 5.92 Å². The van der Waals surface area contributed by atoms with E-state index in [2.05, 4.69) is 211 Å². The van der Waals surface area contributed by atoms with E-state index < -0.39 is 0 Å². The summed E-state index contributed by atoms with van der Waals surface area (Å²) in [5, 5.41) is 2.53. The lowest BCUT2D eigenvalue weighted by atomic mass is 9.85. The smallest absolute Gasteiger partial charge is 0.134 e. The third-order valence-corrected chi connectivity index (χ3v) is 14.0. The monoisotopic (exact) mass is 847 g/mol. The first-order chi connectivity index (χ1) is 32.7. The van der Waals surface area contributed by atoms with Crippen LogP contribution in [0.1, 0.15) is 70.0 Å². The molecule has 2 aliphatic carbocycles. The summed E-state index contributed by atoms with van der Waals surface area (Å²) in [6.07, 6.45) is 14.0. The molecule has 0 N–H and O–H groups in total. The number of rotatable bonds is 11. The Labute approximate surface area is 387 Å². The highest BCUT2D eigenvalue weighted by atomic mass is 16.3. The van der Waals surface area contributed by atoms with Crippen LogP contribution >= 0.6 is 0 Å². The highest BCUT2D eigenvalue weighted by Crippen LogP contribution is 2.40. The number of benzene rings is 7. The molecular formula is C64H49NO. The third-order valence-electron chi connectivity index (χ3n) is 14.0. The quantitative estimate of drug-likeness (QED) is 0.127. The molecule has 2 aliphatic rings. The molecule has 2 heteroatoms. The Balaban J connectivity index is 0.842. The molecule has 1 atom stereocenters. The molecule has 1 unspecified atom stereocenters. The minimum Gasteiger partial charge on any atom is -0.460 e. The highest BCUT2D eigenvalue weighted by molar-refractivity contribution is 5.98. The van der Waals surface area contributed by atoms with Crippen LogP contribution in [0.4, 0.5) is 0 Å². The molecular weight excluding hydrogens is 799 g/mol. The average molecular weight is 848 g/mol. The van der Waals surface area contributed by atoms with Crippen molar-refractivity contribution >= 4 is 39.6 Å². The maximum atomic E-state index is 6.40. The fraction of sp³-hybridized carbons (Fsp3) is 0.125. The summed E-state index contributed by atoms with van der Waals surface area (Å²) in [4.78, 5) is 0. The summed E-state index contributed by atoms with van der Waals surface area (Å²) < 4.78 is 8.88. The van der Waals surface area contributed by atoms with E-state index >= 15 is 0 Å². The number of fused-ring (bicyclic) bond motifs is 6. The predicted octanol–water partition coefficient (Wildman–Crippen LogP) is 16.4. The van der Waals surface area contributed by atoms with Gasteiger partial charge in [0.25, 0.3) is 0 Å². The van der Waals surface area contributed by atoms with Crippen LogP contribution in [-0.4, -0.2) is 4.57 Å². The number of aryl methyl sites for hydroxylation is 2. The Hall–Kier alpha value is -7.86. The van der Waals surface area contributed by atoms with E-state index in [1.165, 1.54) is 100 Å². The molecule has 0 saturated heterocycles. The summed E-state index contributed by atoms with van der Waals surface area (Å²) in [7, 11) is 0. The fourth-order valence-electron chi connectivity index (χ4n) is 10.5. The molecule has 2 heterocycles. The van der Waals surface area contributed by atoms with Gasteiger partial charge in [0, 0.05) is 39.7 Å². The van der Waals surface area contributed by atoms with Gasteiger partial charge in [-0.1, -0.05) is 158 Å². The molecule has 0 bridgehead atoms. The second-order valence-corrected chi connectivity index (χ2v) is 18.1. The number of hydrogen-bond acceptors (Lipinski definition) is 1. The van der Waals surface area contributed by atoms with Gasteiger partial charge in [0.1, 0.15) is 11.3 Å². The van der Waals surface area contributed by atoms with Crippen molar-refractivity contribution < 1.29 is 4.42 Å². The minimum absolute atomic E-state index is 0.341. The zero-order chi connectivity index (χ0) is 43.8. The second-order valence-electron chi connectivity index (χ2n) is 18.1. The van der Waals surface area contributed by atoms with Crippen LogP contribution < -0.4 is 0 Å². The zero-order valence-electron chi connectivity index (χ0n) is 37.0. The summed E-state index contributed by atoms with van der Waals surface area (Å²) in [5.41, 5.74) is 21.5. The SMILES string of the molecule is c1ccc(C2=Cc3c(oc4ccc(-c5ccc(C(CCc6ccc7c(c6)c6c(n7-c7ccccc7)CCC=C6)Cc6ccc(-c7ccc(-c8ccccc8)cc7)cc6)cc5)cc34)CC2)cc#1. The van der Waals surface area contributed by atoms with Gasteiger partial charge in [-0.15, -0.1) is 0 Å². The van der Waals surface area contributed by atoms with Crippen molar-refractivity contribution in [2.24, 2.45) is 0 Å². The first-order valence-electron chi connectivity index (χ1n) is 23.6. The van der Waals surface area contributed by atoms with Crippen molar-refractivity contribution in [3.8, 4) is 39.1 Å². The Morgan fingerprint density at radius 2 is 1.23 bits per heavy atom. The Morgan fingerprint density at radius 1 is 0.545 bits per heavy atom. The molecule has 0 fully saturated rings. The number of furan rings is 1. The Morgan fingerprint density at radius 3 is 1.98 bits per heavy atom. The van der Waals surface area contributed by atoms with Crippen LogP contribution in [0.25, 0.3) is 78.7 Å². The molecule has 2 aromatic heterocycles. The molecule has 316 valence electrons. The normalized spacial score (nSPS) is 13.5. The number of allylic oxidation sites excluding steroid dienone is 2. The van der Waals surface area contributed by atoms with Crippen LogP contribution in [0.15, 0.2) is 199 Å².